The second kappa shape index (κ2) is 2.79. The van der Waals surface area contributed by atoms with Gasteiger partial charge < -0.3 is 16.2 Å². The SMILES string of the molecule is CC(C)(C)OC(=O)C(C)(N)N. The largest absolute Gasteiger partial charge is 0.458 e. The number of esters is 1. The van der Waals surface area contributed by atoms with Gasteiger partial charge >= 0.3 is 5.97 Å². The number of rotatable bonds is 1. The van der Waals surface area contributed by atoms with E-state index >= 15 is 0 Å². The molecule has 0 unspecified atom stereocenters. The van der Waals surface area contributed by atoms with Crippen LogP contribution in [0.2, 0.25) is 0 Å². The van der Waals surface area contributed by atoms with E-state index in [1.54, 1.807) is 20.8 Å². The number of hydrogen-bond donors (Lipinski definition) is 2. The normalized spacial score (nSPS) is 12.9. The van der Waals surface area contributed by atoms with Gasteiger partial charge in [0, 0.05) is 0 Å². The first-order valence-electron chi connectivity index (χ1n) is 3.44. The van der Waals surface area contributed by atoms with Gasteiger partial charge in [0.05, 0.1) is 0 Å². The van der Waals surface area contributed by atoms with Crippen molar-refractivity contribution in [3.63, 3.8) is 0 Å². The molecule has 0 fully saturated rings. The van der Waals surface area contributed by atoms with Crippen molar-refractivity contribution < 1.29 is 9.53 Å². The fourth-order valence-electron chi connectivity index (χ4n) is 0.388. The van der Waals surface area contributed by atoms with Crippen LogP contribution in [0, 0.1) is 0 Å². The van der Waals surface area contributed by atoms with Crippen LogP contribution in [0.5, 0.6) is 0 Å². The van der Waals surface area contributed by atoms with Gasteiger partial charge in [-0.15, -0.1) is 0 Å². The predicted octanol–water partition coefficient (Wildman–Crippen LogP) is -0.0383. The number of hydrogen-bond acceptors (Lipinski definition) is 4. The first-order chi connectivity index (χ1) is 4.63. The second-order valence-electron chi connectivity index (χ2n) is 3.78. The molecule has 0 atom stereocenters. The van der Waals surface area contributed by atoms with E-state index in [2.05, 4.69) is 0 Å². The lowest BCUT2D eigenvalue weighted by atomic mass is 10.2. The van der Waals surface area contributed by atoms with E-state index in [-0.39, 0.29) is 0 Å². The highest BCUT2D eigenvalue weighted by molar-refractivity contribution is 5.79. The van der Waals surface area contributed by atoms with Crippen molar-refractivity contribution in [2.24, 2.45) is 11.5 Å². The van der Waals surface area contributed by atoms with E-state index in [0.29, 0.717) is 0 Å². The molecule has 4 heteroatoms. The van der Waals surface area contributed by atoms with Gasteiger partial charge in [-0.25, -0.2) is 4.79 Å². The van der Waals surface area contributed by atoms with Crippen molar-refractivity contribution >= 4 is 5.97 Å². The summed E-state index contributed by atoms with van der Waals surface area (Å²) in [5.74, 6) is -0.593. The quantitative estimate of drug-likeness (QED) is 0.417. The molecular formula is C7H16N2O2. The third kappa shape index (κ3) is 4.75. The number of carbonyl (C=O) groups excluding carboxylic acids is 1. The molecule has 0 rings (SSSR count). The Balaban J connectivity index is 4.11. The Bertz CT molecular complexity index is 153. The monoisotopic (exact) mass is 160 g/mol. The van der Waals surface area contributed by atoms with Crippen LogP contribution in [0.1, 0.15) is 27.7 Å². The van der Waals surface area contributed by atoms with E-state index in [9.17, 15) is 4.79 Å². The fourth-order valence-corrected chi connectivity index (χ4v) is 0.388. The first-order valence-corrected chi connectivity index (χ1v) is 3.44. The van der Waals surface area contributed by atoms with E-state index in [4.69, 9.17) is 16.2 Å². The van der Waals surface area contributed by atoms with Gasteiger partial charge in [-0.1, -0.05) is 0 Å². The highest BCUT2D eigenvalue weighted by Crippen LogP contribution is 2.09. The number of nitrogens with two attached hydrogens (primary N) is 2. The molecule has 4 nitrogen and oxygen atoms in total. The highest BCUT2D eigenvalue weighted by Gasteiger charge is 2.28. The highest BCUT2D eigenvalue weighted by atomic mass is 16.6. The topological polar surface area (TPSA) is 78.3 Å². The lowest BCUT2D eigenvalue weighted by Gasteiger charge is -2.25. The number of ether oxygens (including phenoxy) is 1. The molecule has 0 amide bonds. The average Bonchev–Trinajstić information content (AvgIpc) is 1.56. The lowest BCUT2D eigenvalue weighted by molar-refractivity contribution is -0.160. The van der Waals surface area contributed by atoms with Gasteiger partial charge in [-0.05, 0) is 27.7 Å². The Morgan fingerprint density at radius 1 is 1.18 bits per heavy atom. The maximum absolute atomic E-state index is 11.0. The molecular weight excluding hydrogens is 144 g/mol. The van der Waals surface area contributed by atoms with Crippen LogP contribution in [0.25, 0.3) is 0 Å². The zero-order chi connectivity index (χ0) is 9.28. The van der Waals surface area contributed by atoms with Crippen molar-refractivity contribution in [3.05, 3.63) is 0 Å². The Kier molecular flexibility index (Phi) is 2.64. The minimum atomic E-state index is -1.40. The molecule has 4 N–H and O–H groups in total. The maximum atomic E-state index is 11.0. The molecule has 0 heterocycles. The summed E-state index contributed by atoms with van der Waals surface area (Å²) in [6, 6.07) is 0. The van der Waals surface area contributed by atoms with Crippen molar-refractivity contribution in [3.8, 4) is 0 Å². The van der Waals surface area contributed by atoms with E-state index in [0.717, 1.165) is 0 Å². The minimum absolute atomic E-state index is 0.531. The Labute approximate surface area is 66.9 Å². The molecule has 0 radical (unpaired) electrons. The lowest BCUT2D eigenvalue weighted by Crippen LogP contribution is -2.55. The summed E-state index contributed by atoms with van der Waals surface area (Å²) in [6.07, 6.45) is 0. The van der Waals surface area contributed by atoms with E-state index < -0.39 is 17.2 Å². The van der Waals surface area contributed by atoms with Crippen LogP contribution < -0.4 is 11.5 Å². The van der Waals surface area contributed by atoms with Gasteiger partial charge in [0.25, 0.3) is 0 Å². The van der Waals surface area contributed by atoms with Crippen LogP contribution in [-0.2, 0) is 9.53 Å². The van der Waals surface area contributed by atoms with Gasteiger partial charge in [0.15, 0.2) is 5.66 Å². The zero-order valence-electron chi connectivity index (χ0n) is 7.47. The average molecular weight is 160 g/mol. The summed E-state index contributed by atoms with van der Waals surface area (Å²) >= 11 is 0. The molecule has 0 aromatic carbocycles. The third-order valence-corrected chi connectivity index (χ3v) is 0.839. The van der Waals surface area contributed by atoms with Gasteiger partial charge in [-0.2, -0.15) is 0 Å². The van der Waals surface area contributed by atoms with Crippen molar-refractivity contribution in [2.45, 2.75) is 39.0 Å². The summed E-state index contributed by atoms with van der Waals surface area (Å²) in [7, 11) is 0. The molecule has 66 valence electrons. The summed E-state index contributed by atoms with van der Waals surface area (Å²) in [6.45, 7) is 6.69. The molecule has 0 saturated heterocycles. The third-order valence-electron chi connectivity index (χ3n) is 0.839. The van der Waals surface area contributed by atoms with Crippen molar-refractivity contribution in [2.75, 3.05) is 0 Å². The van der Waals surface area contributed by atoms with Gasteiger partial charge in [0.1, 0.15) is 5.60 Å². The maximum Gasteiger partial charge on any atom is 0.341 e. The van der Waals surface area contributed by atoms with Crippen LogP contribution in [0.3, 0.4) is 0 Å². The second-order valence-corrected chi connectivity index (χ2v) is 3.78. The fraction of sp³-hybridized carbons (Fsp3) is 0.857. The molecule has 0 aromatic heterocycles. The predicted molar refractivity (Wildman–Crippen MR) is 42.6 cm³/mol. The molecule has 0 aliphatic heterocycles. The van der Waals surface area contributed by atoms with Crippen molar-refractivity contribution in [1.29, 1.82) is 0 Å². The Morgan fingerprint density at radius 3 is 1.64 bits per heavy atom. The summed E-state index contributed by atoms with van der Waals surface area (Å²) < 4.78 is 4.91. The summed E-state index contributed by atoms with van der Waals surface area (Å²) in [4.78, 5) is 11.0. The Hall–Kier alpha value is -0.610. The van der Waals surface area contributed by atoms with Crippen LogP contribution >= 0.6 is 0 Å². The molecule has 11 heavy (non-hydrogen) atoms. The van der Waals surface area contributed by atoms with Crippen LogP contribution in [0.15, 0.2) is 0 Å². The summed E-state index contributed by atoms with van der Waals surface area (Å²) in [5.41, 5.74) is 8.65. The molecule has 0 spiro atoms. The first kappa shape index (κ1) is 10.4. The smallest absolute Gasteiger partial charge is 0.341 e. The van der Waals surface area contributed by atoms with Gasteiger partial charge in [0.2, 0.25) is 0 Å². The Morgan fingerprint density at radius 2 is 1.55 bits per heavy atom. The summed E-state index contributed by atoms with van der Waals surface area (Å²) in [5, 5.41) is 0. The van der Waals surface area contributed by atoms with Crippen LogP contribution in [0.4, 0.5) is 0 Å². The molecule has 0 bridgehead atoms. The molecule has 0 aliphatic rings. The van der Waals surface area contributed by atoms with E-state index in [1.807, 2.05) is 0 Å². The van der Waals surface area contributed by atoms with Gasteiger partial charge in [-0.3, -0.25) is 0 Å². The molecule has 0 aliphatic carbocycles. The van der Waals surface area contributed by atoms with E-state index in [1.165, 1.54) is 6.92 Å². The minimum Gasteiger partial charge on any atom is -0.458 e. The number of carbonyl (C=O) groups is 1. The zero-order valence-corrected chi connectivity index (χ0v) is 7.47. The van der Waals surface area contributed by atoms with Crippen molar-refractivity contribution in [1.82, 2.24) is 0 Å². The molecule has 0 aromatic rings. The molecule has 0 saturated carbocycles. The standard InChI is InChI=1S/C7H16N2O2/c1-6(2,3)11-5(10)7(4,8)9/h8-9H2,1-4H3. The van der Waals surface area contributed by atoms with Crippen LogP contribution in [-0.4, -0.2) is 17.2 Å².